The first-order valence-corrected chi connectivity index (χ1v) is 6.24. The molecular formula is C15H18O5. The molecule has 108 valence electrons. The van der Waals surface area contributed by atoms with Gasteiger partial charge in [-0.05, 0) is 13.3 Å². The van der Waals surface area contributed by atoms with Crippen LogP contribution in [-0.4, -0.2) is 30.9 Å². The maximum atomic E-state index is 12.2. The zero-order valence-electron chi connectivity index (χ0n) is 11.5. The Hall–Kier alpha value is -2.17. The van der Waals surface area contributed by atoms with Crippen LogP contribution in [-0.2, 0) is 23.9 Å². The number of carbonyl (C=O) groups excluding carboxylic acids is 3. The largest absolute Gasteiger partial charge is 0.460 e. The van der Waals surface area contributed by atoms with E-state index in [9.17, 15) is 14.4 Å². The van der Waals surface area contributed by atoms with Crippen LogP contribution < -0.4 is 0 Å². The van der Waals surface area contributed by atoms with Gasteiger partial charge < -0.3 is 9.47 Å². The lowest BCUT2D eigenvalue weighted by molar-refractivity contribution is -0.174. The third kappa shape index (κ3) is 3.04. The van der Waals surface area contributed by atoms with Crippen molar-refractivity contribution in [3.8, 4) is 0 Å². The van der Waals surface area contributed by atoms with Crippen LogP contribution in [0, 0.1) is 5.41 Å². The first kappa shape index (κ1) is 15.9. The number of hydrogen-bond donors (Lipinski definition) is 0. The predicted molar refractivity (Wildman–Crippen MR) is 72.7 cm³/mol. The number of rotatable bonds is 6. The van der Waals surface area contributed by atoms with Crippen LogP contribution >= 0.6 is 0 Å². The zero-order valence-corrected chi connectivity index (χ0v) is 11.5. The van der Waals surface area contributed by atoms with Crippen molar-refractivity contribution in [2.75, 3.05) is 13.2 Å². The second kappa shape index (κ2) is 6.84. The van der Waals surface area contributed by atoms with E-state index >= 15 is 0 Å². The maximum absolute atomic E-state index is 12.2. The number of ether oxygens (including phenoxy) is 2. The lowest BCUT2D eigenvalue weighted by atomic mass is 9.74. The van der Waals surface area contributed by atoms with E-state index in [0.717, 1.165) is 5.57 Å². The Balaban J connectivity index is 3.09. The Labute approximate surface area is 117 Å². The van der Waals surface area contributed by atoms with Gasteiger partial charge in [-0.3, -0.25) is 14.4 Å². The maximum Gasteiger partial charge on any atom is 0.331 e. The molecule has 0 aromatic rings. The number of allylic oxidation sites excluding steroid dienone is 2. The molecule has 1 aliphatic carbocycles. The fourth-order valence-electron chi connectivity index (χ4n) is 1.91. The molecular weight excluding hydrogens is 260 g/mol. The highest BCUT2D eigenvalue weighted by atomic mass is 16.6. The third-order valence-electron chi connectivity index (χ3n) is 3.03. The predicted octanol–water partition coefficient (Wildman–Crippen LogP) is 1.74. The van der Waals surface area contributed by atoms with Crippen LogP contribution in [0.3, 0.4) is 0 Å². The number of Topliss-reactive ketones (excluding diaryl/α,β-unsaturated/α-hetero) is 1. The van der Waals surface area contributed by atoms with E-state index in [1.165, 1.54) is 12.2 Å². The Morgan fingerprint density at radius 1 is 1.25 bits per heavy atom. The monoisotopic (exact) mass is 278 g/mol. The third-order valence-corrected chi connectivity index (χ3v) is 3.03. The molecule has 0 saturated carbocycles. The first-order chi connectivity index (χ1) is 9.48. The average Bonchev–Trinajstić information content (AvgIpc) is 2.42. The lowest BCUT2D eigenvalue weighted by Gasteiger charge is -2.29. The quantitative estimate of drug-likeness (QED) is 0.420. The van der Waals surface area contributed by atoms with E-state index in [1.807, 2.05) is 0 Å². The van der Waals surface area contributed by atoms with Crippen molar-refractivity contribution in [1.82, 2.24) is 0 Å². The molecule has 0 aliphatic heterocycles. The summed E-state index contributed by atoms with van der Waals surface area (Å²) in [6.07, 6.45) is 4.42. The van der Waals surface area contributed by atoms with Crippen molar-refractivity contribution >= 4 is 17.7 Å². The molecule has 0 unspecified atom stereocenters. The molecule has 0 N–H and O–H groups in total. The van der Waals surface area contributed by atoms with Crippen molar-refractivity contribution in [2.45, 2.75) is 19.8 Å². The standard InChI is InChI=1S/C15H18O5/c1-4-8-19-13(17)15(14(18)20-9-5-2)7-6-11(3)10-12(15)16/h4-6H,1-2,7-10H2,3H3. The molecule has 5 heteroatoms. The average molecular weight is 278 g/mol. The Kier molecular flexibility index (Phi) is 5.43. The Bertz CT molecular complexity index is 449. The van der Waals surface area contributed by atoms with Gasteiger partial charge in [-0.2, -0.15) is 0 Å². The summed E-state index contributed by atoms with van der Waals surface area (Å²) < 4.78 is 9.81. The Morgan fingerprint density at radius 2 is 1.75 bits per heavy atom. The summed E-state index contributed by atoms with van der Waals surface area (Å²) in [4.78, 5) is 36.5. The van der Waals surface area contributed by atoms with Crippen LogP contribution in [0.15, 0.2) is 37.0 Å². The van der Waals surface area contributed by atoms with Gasteiger partial charge in [0.25, 0.3) is 0 Å². The number of esters is 2. The van der Waals surface area contributed by atoms with Gasteiger partial charge in [0.05, 0.1) is 0 Å². The minimum absolute atomic E-state index is 0.0341. The fourth-order valence-corrected chi connectivity index (χ4v) is 1.91. The van der Waals surface area contributed by atoms with E-state index in [0.29, 0.717) is 0 Å². The van der Waals surface area contributed by atoms with Crippen LogP contribution in [0.1, 0.15) is 19.8 Å². The molecule has 0 bridgehead atoms. The van der Waals surface area contributed by atoms with Crippen molar-refractivity contribution < 1.29 is 23.9 Å². The van der Waals surface area contributed by atoms with E-state index in [2.05, 4.69) is 13.2 Å². The molecule has 20 heavy (non-hydrogen) atoms. The molecule has 0 amide bonds. The highest BCUT2D eigenvalue weighted by Crippen LogP contribution is 2.35. The highest BCUT2D eigenvalue weighted by molar-refractivity contribution is 6.21. The summed E-state index contributed by atoms with van der Waals surface area (Å²) in [5.41, 5.74) is -1.08. The van der Waals surface area contributed by atoms with Gasteiger partial charge in [-0.15, -0.1) is 0 Å². The molecule has 0 spiro atoms. The lowest BCUT2D eigenvalue weighted by Crippen LogP contribution is -2.49. The Morgan fingerprint density at radius 3 is 2.15 bits per heavy atom. The zero-order chi connectivity index (χ0) is 15.2. The van der Waals surface area contributed by atoms with E-state index in [4.69, 9.17) is 9.47 Å². The van der Waals surface area contributed by atoms with E-state index in [1.54, 1.807) is 13.0 Å². The SMILES string of the molecule is C=CCOC(=O)C1(C(=O)OCC=C)CC=C(C)CC1=O. The number of ketones is 1. The first-order valence-electron chi connectivity index (χ1n) is 6.24. The van der Waals surface area contributed by atoms with E-state index in [-0.39, 0.29) is 26.1 Å². The van der Waals surface area contributed by atoms with Crippen molar-refractivity contribution in [3.05, 3.63) is 37.0 Å². The van der Waals surface area contributed by atoms with Gasteiger partial charge in [0.1, 0.15) is 13.2 Å². The minimum atomic E-state index is -1.90. The second-order valence-corrected chi connectivity index (χ2v) is 4.53. The molecule has 1 rings (SSSR count). The summed E-state index contributed by atoms with van der Waals surface area (Å²) in [5.74, 6) is -2.28. The summed E-state index contributed by atoms with van der Waals surface area (Å²) >= 11 is 0. The molecule has 0 radical (unpaired) electrons. The van der Waals surface area contributed by atoms with Crippen LogP contribution in [0.2, 0.25) is 0 Å². The van der Waals surface area contributed by atoms with Gasteiger partial charge >= 0.3 is 11.9 Å². The molecule has 0 saturated heterocycles. The second-order valence-electron chi connectivity index (χ2n) is 4.53. The normalized spacial score (nSPS) is 16.9. The number of hydrogen-bond acceptors (Lipinski definition) is 5. The summed E-state index contributed by atoms with van der Waals surface area (Å²) in [5, 5.41) is 0. The van der Waals surface area contributed by atoms with Gasteiger partial charge in [0, 0.05) is 6.42 Å². The van der Waals surface area contributed by atoms with Crippen molar-refractivity contribution in [2.24, 2.45) is 5.41 Å². The van der Waals surface area contributed by atoms with E-state index < -0.39 is 23.1 Å². The molecule has 1 aliphatic rings. The van der Waals surface area contributed by atoms with Crippen LogP contribution in [0.25, 0.3) is 0 Å². The molecule has 0 aromatic carbocycles. The van der Waals surface area contributed by atoms with Gasteiger partial charge in [0.2, 0.25) is 5.41 Å². The molecule has 0 heterocycles. The summed E-state index contributed by atoms with van der Waals surface area (Å²) in [6.45, 7) is 8.49. The van der Waals surface area contributed by atoms with Gasteiger partial charge in [-0.25, -0.2) is 0 Å². The van der Waals surface area contributed by atoms with Gasteiger partial charge in [0.15, 0.2) is 5.78 Å². The van der Waals surface area contributed by atoms with Crippen molar-refractivity contribution in [1.29, 1.82) is 0 Å². The van der Waals surface area contributed by atoms with Crippen LogP contribution in [0.5, 0.6) is 0 Å². The number of carbonyl (C=O) groups is 3. The topological polar surface area (TPSA) is 69.7 Å². The molecule has 0 aromatic heterocycles. The smallest absolute Gasteiger partial charge is 0.331 e. The summed E-state index contributed by atoms with van der Waals surface area (Å²) in [6, 6.07) is 0. The van der Waals surface area contributed by atoms with Crippen molar-refractivity contribution in [3.63, 3.8) is 0 Å². The molecule has 0 fully saturated rings. The molecule has 0 atom stereocenters. The molecule has 5 nitrogen and oxygen atoms in total. The fraction of sp³-hybridized carbons (Fsp3) is 0.400. The summed E-state index contributed by atoms with van der Waals surface area (Å²) in [7, 11) is 0. The highest BCUT2D eigenvalue weighted by Gasteiger charge is 2.55. The minimum Gasteiger partial charge on any atom is -0.460 e. The van der Waals surface area contributed by atoms with Crippen LogP contribution in [0.4, 0.5) is 0 Å². The van der Waals surface area contributed by atoms with Gasteiger partial charge in [-0.1, -0.05) is 37.0 Å².